The molecule has 0 aliphatic carbocycles. The fraction of sp³-hybridized carbons (Fsp3) is 0.581. The van der Waals surface area contributed by atoms with Gasteiger partial charge in [-0.2, -0.15) is 0 Å². The van der Waals surface area contributed by atoms with Gasteiger partial charge in [0.1, 0.15) is 23.8 Å². The Morgan fingerprint density at radius 1 is 0.828 bits per heavy atom. The lowest BCUT2D eigenvalue weighted by molar-refractivity contribution is -0.131. The number of rotatable bonds is 22. The molecule has 0 bridgehead atoms. The molecule has 0 saturated heterocycles. The molecule has 2 aromatic heterocycles. The Morgan fingerprint density at radius 2 is 1.48 bits per heavy atom. The highest BCUT2D eigenvalue weighted by molar-refractivity contribution is 5.91. The molecule has 2 heterocycles. The molecule has 0 radical (unpaired) electrons. The number of imidazole rings is 1. The van der Waals surface area contributed by atoms with Crippen molar-refractivity contribution in [2.75, 3.05) is 0 Å². The van der Waals surface area contributed by atoms with Crippen molar-refractivity contribution < 1.29 is 34.1 Å². The van der Waals surface area contributed by atoms with E-state index in [0.29, 0.717) is 17.8 Å². The second kappa shape index (κ2) is 22.9. The van der Waals surface area contributed by atoms with Gasteiger partial charge in [-0.1, -0.05) is 84.4 Å². The average Bonchev–Trinajstić information content (AvgIpc) is 3.68. The van der Waals surface area contributed by atoms with Gasteiger partial charge in [-0.3, -0.25) is 24.7 Å². The van der Waals surface area contributed by atoms with Crippen LogP contribution in [0.25, 0.3) is 0 Å². The van der Waals surface area contributed by atoms with Crippen LogP contribution in [0.2, 0.25) is 0 Å². The Hall–Kier alpha value is -4.86. The van der Waals surface area contributed by atoms with Crippen LogP contribution in [0, 0.1) is 17.8 Å². The highest BCUT2D eigenvalue weighted by atomic mass is 16.6. The number of aromatic nitrogens is 3. The van der Waals surface area contributed by atoms with Gasteiger partial charge >= 0.3 is 6.09 Å². The summed E-state index contributed by atoms with van der Waals surface area (Å²) in [6, 6.07) is 9.92. The van der Waals surface area contributed by atoms with E-state index < -0.39 is 65.9 Å². The van der Waals surface area contributed by atoms with Gasteiger partial charge in [-0.25, -0.2) is 9.78 Å². The number of carbonyl (C=O) groups excluding carboxylic acids is 4. The lowest BCUT2D eigenvalue weighted by Crippen LogP contribution is -2.62. The number of H-pyrrole nitrogens is 1. The number of alkyl carbamates (subject to hydrolysis) is 1. The van der Waals surface area contributed by atoms with Crippen molar-refractivity contribution in [1.29, 1.82) is 0 Å². The van der Waals surface area contributed by atoms with Gasteiger partial charge in [0, 0.05) is 37.0 Å². The molecule has 0 unspecified atom stereocenters. The third kappa shape index (κ3) is 15.8. The molecular formula is C43H66N8O7. The molecule has 0 spiro atoms. The van der Waals surface area contributed by atoms with Crippen molar-refractivity contribution in [2.45, 2.75) is 143 Å². The van der Waals surface area contributed by atoms with Crippen LogP contribution in [-0.2, 0) is 38.5 Å². The summed E-state index contributed by atoms with van der Waals surface area (Å²) in [4.78, 5) is 66.1. The molecule has 1 aromatic carbocycles. The maximum absolute atomic E-state index is 14.3. The van der Waals surface area contributed by atoms with Gasteiger partial charge in [-0.05, 0) is 62.6 Å². The molecule has 8 N–H and O–H groups in total. The Labute approximate surface area is 343 Å². The van der Waals surface area contributed by atoms with E-state index in [-0.39, 0.29) is 49.5 Å². The first-order valence-electron chi connectivity index (χ1n) is 20.3. The first-order valence-corrected chi connectivity index (χ1v) is 20.3. The smallest absolute Gasteiger partial charge is 0.408 e. The average molecular weight is 807 g/mol. The topological polar surface area (TPSA) is 220 Å². The van der Waals surface area contributed by atoms with E-state index in [1.807, 2.05) is 84.0 Å². The number of amides is 4. The van der Waals surface area contributed by atoms with Crippen molar-refractivity contribution >= 4 is 23.8 Å². The number of aromatic amines is 1. The number of aliphatic hydroxyl groups excluding tert-OH is 2. The van der Waals surface area contributed by atoms with E-state index in [2.05, 4.69) is 41.5 Å². The van der Waals surface area contributed by atoms with Crippen LogP contribution in [-0.4, -0.2) is 97.0 Å². The molecule has 8 atom stereocenters. The summed E-state index contributed by atoms with van der Waals surface area (Å²) in [7, 11) is 0. The third-order valence-corrected chi connectivity index (χ3v) is 9.84. The zero-order chi connectivity index (χ0) is 43.0. The Bertz CT molecular complexity index is 1690. The summed E-state index contributed by atoms with van der Waals surface area (Å²) in [6.07, 6.45) is 2.08. The van der Waals surface area contributed by atoms with E-state index in [1.54, 1.807) is 33.0 Å². The first-order chi connectivity index (χ1) is 27.4. The monoisotopic (exact) mass is 807 g/mol. The van der Waals surface area contributed by atoms with Gasteiger partial charge in [0.05, 0.1) is 36.8 Å². The zero-order valence-corrected chi connectivity index (χ0v) is 35.5. The predicted octanol–water partition coefficient (Wildman–Crippen LogP) is 3.57. The number of pyridine rings is 1. The standard InChI is InChI=1S/C43H66N8O7/c1-10-28(6)36(41(56)46-24-30-18-14-15-19-45-30)51-35(27(4)5)38(53)37(52)32(20-26(2)3)48-40(55)34(22-31-23-44-25-47-31)49-39(54)33(21-29-16-12-11-13-17-29)50-42(57)58-43(7,8)9/h11-19,23,25-28,32-38,51-53H,10,20-22,24H2,1-9H3,(H,44,47)(H,46,56)(H,48,55)(H,49,54)(H,50,57)/t28-,32-,33-,34-,35+,36-,37+,38-/m0/s1. The van der Waals surface area contributed by atoms with Crippen LogP contribution in [0.3, 0.4) is 0 Å². The Kier molecular flexibility index (Phi) is 18.8. The van der Waals surface area contributed by atoms with Crippen molar-refractivity contribution in [1.82, 2.24) is 41.5 Å². The highest BCUT2D eigenvalue weighted by Crippen LogP contribution is 2.20. The number of hydrogen-bond donors (Lipinski definition) is 8. The minimum Gasteiger partial charge on any atom is -0.444 e. The maximum atomic E-state index is 14.3. The van der Waals surface area contributed by atoms with E-state index in [9.17, 15) is 29.4 Å². The second-order valence-electron chi connectivity index (χ2n) is 16.8. The molecule has 3 rings (SSSR count). The molecule has 0 aliphatic heterocycles. The molecule has 0 fully saturated rings. The number of carbonyl (C=O) groups is 4. The summed E-state index contributed by atoms with van der Waals surface area (Å²) >= 11 is 0. The molecule has 320 valence electrons. The van der Waals surface area contributed by atoms with Gasteiger partial charge in [-0.15, -0.1) is 0 Å². The van der Waals surface area contributed by atoms with Crippen LogP contribution in [0.5, 0.6) is 0 Å². The van der Waals surface area contributed by atoms with Crippen LogP contribution in [0.4, 0.5) is 4.79 Å². The number of nitrogens with zero attached hydrogens (tertiary/aromatic N) is 2. The molecule has 15 nitrogen and oxygen atoms in total. The molecule has 0 saturated carbocycles. The molecular weight excluding hydrogens is 741 g/mol. The lowest BCUT2D eigenvalue weighted by atomic mass is 9.86. The predicted molar refractivity (Wildman–Crippen MR) is 222 cm³/mol. The molecule has 15 heteroatoms. The minimum atomic E-state index is -1.47. The second-order valence-corrected chi connectivity index (χ2v) is 16.8. The van der Waals surface area contributed by atoms with Crippen LogP contribution >= 0.6 is 0 Å². The van der Waals surface area contributed by atoms with Gasteiger partial charge in [0.25, 0.3) is 0 Å². The number of ether oxygens (including phenoxy) is 1. The number of benzene rings is 1. The molecule has 4 amide bonds. The van der Waals surface area contributed by atoms with Crippen LogP contribution in [0.1, 0.15) is 92.1 Å². The van der Waals surface area contributed by atoms with Crippen molar-refractivity contribution in [2.24, 2.45) is 17.8 Å². The van der Waals surface area contributed by atoms with E-state index in [4.69, 9.17) is 4.74 Å². The summed E-state index contributed by atoms with van der Waals surface area (Å²) in [5.74, 6) is -1.88. The maximum Gasteiger partial charge on any atom is 0.408 e. The largest absolute Gasteiger partial charge is 0.444 e. The normalized spacial score (nSPS) is 15.9. The first kappa shape index (κ1) is 47.5. The summed E-state index contributed by atoms with van der Waals surface area (Å²) in [5.41, 5.74) is 1.22. The number of aliphatic hydroxyl groups is 2. The van der Waals surface area contributed by atoms with Gasteiger partial charge < -0.3 is 41.2 Å². The molecule has 0 aliphatic rings. The van der Waals surface area contributed by atoms with E-state index in [0.717, 1.165) is 5.56 Å². The summed E-state index contributed by atoms with van der Waals surface area (Å²) in [5, 5.41) is 38.5. The number of hydrogen-bond acceptors (Lipinski definition) is 10. The lowest BCUT2D eigenvalue weighted by Gasteiger charge is -2.38. The fourth-order valence-electron chi connectivity index (χ4n) is 6.55. The van der Waals surface area contributed by atoms with Crippen molar-refractivity contribution in [3.8, 4) is 0 Å². The van der Waals surface area contributed by atoms with Crippen molar-refractivity contribution in [3.05, 3.63) is 84.2 Å². The van der Waals surface area contributed by atoms with E-state index in [1.165, 1.54) is 12.5 Å². The van der Waals surface area contributed by atoms with Gasteiger partial charge in [0.15, 0.2) is 0 Å². The van der Waals surface area contributed by atoms with Crippen LogP contribution in [0.15, 0.2) is 67.3 Å². The third-order valence-electron chi connectivity index (χ3n) is 9.84. The van der Waals surface area contributed by atoms with Crippen molar-refractivity contribution in [3.63, 3.8) is 0 Å². The molecule has 3 aromatic rings. The minimum absolute atomic E-state index is 0.00941. The zero-order valence-electron chi connectivity index (χ0n) is 35.5. The summed E-state index contributed by atoms with van der Waals surface area (Å²) in [6.45, 7) is 16.9. The van der Waals surface area contributed by atoms with Crippen LogP contribution < -0.4 is 26.6 Å². The molecule has 58 heavy (non-hydrogen) atoms. The van der Waals surface area contributed by atoms with Gasteiger partial charge in [0.2, 0.25) is 17.7 Å². The quantitative estimate of drug-likeness (QED) is 0.0738. The fourth-order valence-corrected chi connectivity index (χ4v) is 6.55. The Balaban J connectivity index is 1.86. The summed E-state index contributed by atoms with van der Waals surface area (Å²) < 4.78 is 5.45. The van der Waals surface area contributed by atoms with E-state index >= 15 is 0 Å². The highest BCUT2D eigenvalue weighted by Gasteiger charge is 2.39. The number of nitrogens with one attached hydrogen (secondary N) is 6. The Morgan fingerprint density at radius 3 is 2.05 bits per heavy atom. The SMILES string of the molecule is CC[C@H](C)[C@H](N[C@H](C(C)C)[C@H](O)[C@H](O)[C@H](CC(C)C)NC(=O)[C@H](Cc1cnc[nH]1)NC(=O)[C@H](Cc1ccccc1)NC(=O)OC(C)(C)C)C(=O)NCc1ccccn1.